The van der Waals surface area contributed by atoms with E-state index in [-0.39, 0.29) is 55.2 Å². The van der Waals surface area contributed by atoms with Gasteiger partial charge in [-0.2, -0.15) is 0 Å². The lowest BCUT2D eigenvalue weighted by Gasteiger charge is -2.37. The molecule has 3 aliphatic heterocycles. The number of hydrogen-bond acceptors (Lipinski definition) is 8. The van der Waals surface area contributed by atoms with Crippen LogP contribution >= 0.6 is 15.9 Å². The molecular formula is C33H44BrN3O8. The highest BCUT2D eigenvalue weighted by Crippen LogP contribution is 2.60. The van der Waals surface area contributed by atoms with Crippen LogP contribution in [0.3, 0.4) is 0 Å². The lowest BCUT2D eigenvalue weighted by molar-refractivity contribution is -0.159. The van der Waals surface area contributed by atoms with Gasteiger partial charge < -0.3 is 34.4 Å². The minimum absolute atomic E-state index is 0.0321. The fourth-order valence-electron chi connectivity index (χ4n) is 6.75. The van der Waals surface area contributed by atoms with Crippen molar-refractivity contribution in [3.8, 4) is 5.75 Å². The first-order valence-electron chi connectivity index (χ1n) is 15.5. The maximum absolute atomic E-state index is 14.6. The van der Waals surface area contributed by atoms with Crippen LogP contribution in [0.2, 0.25) is 0 Å². The van der Waals surface area contributed by atoms with Crippen molar-refractivity contribution in [1.29, 1.82) is 0 Å². The van der Waals surface area contributed by atoms with Gasteiger partial charge in [0.1, 0.15) is 23.5 Å². The molecule has 3 fully saturated rings. The Kier molecular flexibility index (Phi) is 11.8. The van der Waals surface area contributed by atoms with Crippen LogP contribution in [0.15, 0.2) is 49.6 Å². The predicted octanol–water partition coefficient (Wildman–Crippen LogP) is 3.14. The maximum atomic E-state index is 14.6. The molecule has 1 aromatic carbocycles. The number of aliphatic hydroxyl groups is 1. The van der Waals surface area contributed by atoms with Crippen LogP contribution in [0.1, 0.15) is 45.4 Å². The van der Waals surface area contributed by atoms with Gasteiger partial charge in [-0.05, 0) is 63.3 Å². The Morgan fingerprint density at radius 2 is 1.96 bits per heavy atom. The fraction of sp³-hybridized carbons (Fsp3) is 0.576. The quantitative estimate of drug-likeness (QED) is 0.110. The van der Waals surface area contributed by atoms with E-state index in [1.165, 1.54) is 0 Å². The molecule has 0 saturated carbocycles. The van der Waals surface area contributed by atoms with Crippen molar-refractivity contribution in [2.45, 2.75) is 74.1 Å². The zero-order valence-electron chi connectivity index (χ0n) is 26.0. The highest BCUT2D eigenvalue weighted by molar-refractivity contribution is 9.09. The Labute approximate surface area is 273 Å². The minimum atomic E-state index is -1.25. The molecule has 3 heterocycles. The van der Waals surface area contributed by atoms with Crippen molar-refractivity contribution in [3.05, 3.63) is 49.6 Å². The number of alkyl halides is 1. The molecule has 12 heteroatoms. The second kappa shape index (κ2) is 15.4. The third-order valence-electron chi connectivity index (χ3n) is 8.79. The van der Waals surface area contributed by atoms with Gasteiger partial charge in [0.05, 0.1) is 31.6 Å². The van der Waals surface area contributed by atoms with E-state index in [2.05, 4.69) is 34.4 Å². The van der Waals surface area contributed by atoms with Gasteiger partial charge in [-0.15, -0.1) is 13.2 Å². The number of hydrogen-bond donors (Lipinski definition) is 2. The first-order valence-corrected chi connectivity index (χ1v) is 16.4. The summed E-state index contributed by atoms with van der Waals surface area (Å²) in [4.78, 5) is 57.5. The number of benzene rings is 1. The Bertz CT molecular complexity index is 1260. The van der Waals surface area contributed by atoms with Crippen LogP contribution in [-0.4, -0.2) is 95.7 Å². The van der Waals surface area contributed by atoms with Crippen molar-refractivity contribution in [2.24, 2.45) is 11.8 Å². The van der Waals surface area contributed by atoms with Crippen molar-refractivity contribution >= 4 is 45.3 Å². The lowest BCUT2D eigenvalue weighted by Crippen LogP contribution is -2.57. The second-order valence-corrected chi connectivity index (χ2v) is 13.0. The number of methoxy groups -OCH3 is 1. The molecular weight excluding hydrogens is 646 g/mol. The number of unbranched alkanes of at least 4 members (excludes halogenated alkanes) is 2. The van der Waals surface area contributed by atoms with E-state index in [1.807, 2.05) is 0 Å². The molecule has 2 N–H and O–H groups in total. The summed E-state index contributed by atoms with van der Waals surface area (Å²) in [5.41, 5.74) is -0.641. The molecule has 246 valence electrons. The molecule has 1 unspecified atom stereocenters. The molecule has 1 aromatic rings. The largest absolute Gasteiger partial charge is 0.497 e. The number of halogens is 1. The van der Waals surface area contributed by atoms with Gasteiger partial charge in [-0.3, -0.25) is 19.2 Å². The number of anilines is 1. The summed E-state index contributed by atoms with van der Waals surface area (Å²) in [7, 11) is 1.56. The van der Waals surface area contributed by atoms with Crippen molar-refractivity contribution < 1.29 is 38.5 Å². The zero-order chi connectivity index (χ0) is 32.7. The molecule has 0 aromatic heterocycles. The number of ether oxygens (including phenoxy) is 3. The monoisotopic (exact) mass is 689 g/mol. The number of carbonyl (C=O) groups excluding carboxylic acids is 4. The van der Waals surface area contributed by atoms with E-state index in [0.29, 0.717) is 43.5 Å². The molecule has 2 bridgehead atoms. The van der Waals surface area contributed by atoms with Crippen LogP contribution in [0.5, 0.6) is 5.75 Å². The summed E-state index contributed by atoms with van der Waals surface area (Å²) in [5, 5.41) is 12.1. The molecule has 3 amide bonds. The fourth-order valence-corrected chi connectivity index (χ4v) is 7.69. The highest BCUT2D eigenvalue weighted by atomic mass is 79.9. The lowest BCUT2D eigenvalue weighted by atomic mass is 9.70. The molecule has 3 saturated heterocycles. The van der Waals surface area contributed by atoms with E-state index >= 15 is 0 Å². The summed E-state index contributed by atoms with van der Waals surface area (Å²) >= 11 is 3.68. The van der Waals surface area contributed by atoms with Gasteiger partial charge in [0.2, 0.25) is 11.8 Å². The number of nitrogens with zero attached hydrogens (tertiary/aromatic N) is 2. The smallest absolute Gasteiger partial charge is 0.312 e. The second-order valence-electron chi connectivity index (χ2n) is 11.8. The molecule has 0 aliphatic carbocycles. The van der Waals surface area contributed by atoms with E-state index in [4.69, 9.17) is 14.2 Å². The summed E-state index contributed by atoms with van der Waals surface area (Å²) in [6.07, 6.45) is 4.97. The van der Waals surface area contributed by atoms with Crippen LogP contribution in [-0.2, 0) is 28.7 Å². The Hall–Kier alpha value is -3.22. The van der Waals surface area contributed by atoms with E-state index < -0.39 is 41.7 Å². The van der Waals surface area contributed by atoms with Crippen LogP contribution in [0.25, 0.3) is 0 Å². The normalized spacial score (nSPS) is 27.1. The van der Waals surface area contributed by atoms with E-state index in [1.54, 1.807) is 60.3 Å². The number of amides is 3. The molecule has 45 heavy (non-hydrogen) atoms. The van der Waals surface area contributed by atoms with Gasteiger partial charge in [0.15, 0.2) is 0 Å². The topological polar surface area (TPSA) is 135 Å². The van der Waals surface area contributed by atoms with Crippen LogP contribution in [0.4, 0.5) is 5.69 Å². The van der Waals surface area contributed by atoms with Gasteiger partial charge in [0, 0.05) is 36.6 Å². The van der Waals surface area contributed by atoms with Gasteiger partial charge in [-0.25, -0.2) is 0 Å². The van der Waals surface area contributed by atoms with Crippen molar-refractivity contribution in [2.75, 3.05) is 38.3 Å². The first-order chi connectivity index (χ1) is 21.6. The number of likely N-dealkylation sites (tertiary alicyclic amines) is 1. The third-order valence-corrected chi connectivity index (χ3v) is 9.64. The molecule has 7 atom stereocenters. The number of nitrogens with one attached hydrogen (secondary N) is 1. The SMILES string of the molecule is C=CCCC(=O)NC[C@H](C)OC(=O)[C@@H]1[C@H]2O[C@@]3(CC2Br)[C@H](C(=O)N(CC=C)c2ccc(OC)cc2)N(CCCCCO)C(=O)[C@@H]13. The van der Waals surface area contributed by atoms with E-state index in [0.717, 1.165) is 0 Å². The molecule has 0 radical (unpaired) electrons. The number of allylic oxidation sites excluding steroid dienone is 1. The maximum Gasteiger partial charge on any atom is 0.312 e. The highest BCUT2D eigenvalue weighted by Gasteiger charge is 2.77. The Morgan fingerprint density at radius 1 is 1.22 bits per heavy atom. The van der Waals surface area contributed by atoms with Gasteiger partial charge >= 0.3 is 5.97 Å². The molecule has 3 aliphatic rings. The molecule has 11 nitrogen and oxygen atoms in total. The summed E-state index contributed by atoms with van der Waals surface area (Å²) < 4.78 is 17.7. The summed E-state index contributed by atoms with van der Waals surface area (Å²) in [6, 6.07) is 6.07. The van der Waals surface area contributed by atoms with Gasteiger partial charge in [-0.1, -0.05) is 28.1 Å². The molecule has 4 rings (SSSR count). The summed E-state index contributed by atoms with van der Waals surface area (Å²) in [5.74, 6) is -2.62. The van der Waals surface area contributed by atoms with E-state index in [9.17, 15) is 24.3 Å². The summed E-state index contributed by atoms with van der Waals surface area (Å²) in [6.45, 7) is 9.76. The van der Waals surface area contributed by atoms with Gasteiger partial charge in [0.25, 0.3) is 5.91 Å². The number of fused-ring (bicyclic) bond motifs is 1. The van der Waals surface area contributed by atoms with Crippen LogP contribution in [0, 0.1) is 11.8 Å². The van der Waals surface area contributed by atoms with Crippen LogP contribution < -0.4 is 15.0 Å². The third kappa shape index (κ3) is 7.12. The Morgan fingerprint density at radius 3 is 2.60 bits per heavy atom. The number of carbonyl (C=O) groups is 4. The zero-order valence-corrected chi connectivity index (χ0v) is 27.6. The van der Waals surface area contributed by atoms with Crippen molar-refractivity contribution in [1.82, 2.24) is 10.2 Å². The Balaban J connectivity index is 1.63. The average molecular weight is 691 g/mol. The number of rotatable bonds is 17. The number of esters is 1. The standard InChI is InChI=1S/C33H44BrN3O8/c1-5-7-11-25(39)35-20-21(3)44-32(42)26-27-30(40)37(17-9-8-10-18-38)29(33(27)19-24(34)28(26)45-33)31(41)36(16-6-2)22-12-14-23(43-4)15-13-22/h5-6,12-15,21,24,26-29,38H,1-2,7-11,16-20H2,3-4H3,(H,35,39)/t21-,24?,26-,27+,28-,29-,33+/m0/s1. The first kappa shape index (κ1) is 34.6. The average Bonchev–Trinajstić information content (AvgIpc) is 3.62. The minimum Gasteiger partial charge on any atom is -0.497 e. The number of aliphatic hydroxyl groups excluding tert-OH is 1. The predicted molar refractivity (Wildman–Crippen MR) is 172 cm³/mol. The molecule has 1 spiro atoms. The van der Waals surface area contributed by atoms with Crippen molar-refractivity contribution in [3.63, 3.8) is 0 Å².